The molecule has 0 aromatic heterocycles. The Bertz CT molecular complexity index is 799. The Hall–Kier alpha value is -2.46. The fraction of sp³-hybridized carbons (Fsp3) is 0.250. The lowest BCUT2D eigenvalue weighted by Gasteiger charge is -2.17. The number of hydrazone groups is 1. The van der Waals surface area contributed by atoms with E-state index in [4.69, 9.17) is 10.3 Å². The summed E-state index contributed by atoms with van der Waals surface area (Å²) in [6, 6.07) is 2.34. The molecular formula is C12H13N3O6S. The molecule has 0 saturated carbocycles. The highest BCUT2D eigenvalue weighted by Crippen LogP contribution is 2.33. The van der Waals surface area contributed by atoms with Crippen LogP contribution in [0, 0.1) is 6.92 Å². The SMILES string of the molecule is COC(=O)C1=NN(c2ccc(S(=O)(=O)O)c(C)c2N)C(=O)C1. The van der Waals surface area contributed by atoms with Crippen LogP contribution in [0.3, 0.4) is 0 Å². The molecule has 1 aromatic carbocycles. The van der Waals surface area contributed by atoms with Crippen LogP contribution in [0.4, 0.5) is 11.4 Å². The maximum absolute atomic E-state index is 11.9. The minimum absolute atomic E-state index is 0.0432. The van der Waals surface area contributed by atoms with Crippen molar-refractivity contribution in [1.82, 2.24) is 0 Å². The number of nitrogen functional groups attached to an aromatic ring is 1. The fourth-order valence-electron chi connectivity index (χ4n) is 2.01. The van der Waals surface area contributed by atoms with Crippen molar-refractivity contribution >= 4 is 39.1 Å². The van der Waals surface area contributed by atoms with Gasteiger partial charge in [-0.25, -0.2) is 4.79 Å². The van der Waals surface area contributed by atoms with Crippen LogP contribution in [0.2, 0.25) is 0 Å². The third kappa shape index (κ3) is 2.65. The summed E-state index contributed by atoms with van der Waals surface area (Å²) in [4.78, 5) is 23.0. The van der Waals surface area contributed by atoms with E-state index in [2.05, 4.69) is 9.84 Å². The predicted octanol–water partition coefficient (Wildman–Crippen LogP) is 0.0896. The lowest BCUT2D eigenvalue weighted by atomic mass is 10.1. The first-order chi connectivity index (χ1) is 10.2. The van der Waals surface area contributed by atoms with Crippen LogP contribution < -0.4 is 10.7 Å². The third-order valence-electron chi connectivity index (χ3n) is 3.14. The summed E-state index contributed by atoms with van der Waals surface area (Å²) >= 11 is 0. The predicted molar refractivity (Wildman–Crippen MR) is 77.0 cm³/mol. The van der Waals surface area contributed by atoms with Gasteiger partial charge in [-0.05, 0) is 24.6 Å². The van der Waals surface area contributed by atoms with Gasteiger partial charge in [-0.2, -0.15) is 18.5 Å². The summed E-state index contributed by atoms with van der Waals surface area (Å²) in [5.74, 6) is -1.24. The summed E-state index contributed by atoms with van der Waals surface area (Å²) < 4.78 is 36.0. The number of carbonyl (C=O) groups is 2. The van der Waals surface area contributed by atoms with Crippen LogP contribution >= 0.6 is 0 Å². The number of esters is 1. The van der Waals surface area contributed by atoms with Gasteiger partial charge in [0.05, 0.1) is 29.8 Å². The second kappa shape index (κ2) is 5.39. The number of carbonyl (C=O) groups excluding carboxylic acids is 2. The van der Waals surface area contributed by atoms with Gasteiger partial charge in [-0.15, -0.1) is 0 Å². The Kier molecular flexibility index (Phi) is 3.90. The number of amides is 1. The van der Waals surface area contributed by atoms with Crippen molar-refractivity contribution in [2.45, 2.75) is 18.2 Å². The minimum atomic E-state index is -4.43. The lowest BCUT2D eigenvalue weighted by molar-refractivity contribution is -0.133. The first-order valence-corrected chi connectivity index (χ1v) is 7.46. The van der Waals surface area contributed by atoms with Gasteiger partial charge >= 0.3 is 5.97 Å². The van der Waals surface area contributed by atoms with Crippen LogP contribution in [-0.2, 0) is 24.4 Å². The summed E-state index contributed by atoms with van der Waals surface area (Å²) in [6.45, 7) is 1.38. The fourth-order valence-corrected chi connectivity index (χ4v) is 2.74. The molecule has 10 heteroatoms. The molecule has 0 radical (unpaired) electrons. The molecule has 3 N–H and O–H groups in total. The Labute approximate surface area is 126 Å². The number of benzene rings is 1. The maximum Gasteiger partial charge on any atom is 0.354 e. The summed E-state index contributed by atoms with van der Waals surface area (Å²) in [6.07, 6.45) is -0.245. The largest absolute Gasteiger partial charge is 0.464 e. The second-order valence-electron chi connectivity index (χ2n) is 4.52. The maximum atomic E-state index is 11.9. The van der Waals surface area contributed by atoms with E-state index in [9.17, 15) is 18.0 Å². The minimum Gasteiger partial charge on any atom is -0.464 e. The number of anilines is 2. The van der Waals surface area contributed by atoms with Gasteiger partial charge in [0.2, 0.25) is 0 Å². The van der Waals surface area contributed by atoms with Crippen molar-refractivity contribution in [2.75, 3.05) is 17.9 Å². The van der Waals surface area contributed by atoms with Crippen molar-refractivity contribution < 1.29 is 27.3 Å². The Morgan fingerprint density at radius 1 is 1.45 bits per heavy atom. The van der Waals surface area contributed by atoms with Gasteiger partial charge in [-0.1, -0.05) is 0 Å². The molecule has 22 heavy (non-hydrogen) atoms. The van der Waals surface area contributed by atoms with E-state index in [1.807, 2.05) is 0 Å². The van der Waals surface area contributed by atoms with Crippen LogP contribution in [0.15, 0.2) is 22.1 Å². The number of nitrogens with zero attached hydrogens (tertiary/aromatic N) is 2. The highest BCUT2D eigenvalue weighted by Gasteiger charge is 2.32. The van der Waals surface area contributed by atoms with Gasteiger partial charge in [-0.3, -0.25) is 9.35 Å². The van der Waals surface area contributed by atoms with Crippen molar-refractivity contribution in [3.05, 3.63) is 17.7 Å². The van der Waals surface area contributed by atoms with Crippen molar-refractivity contribution in [2.24, 2.45) is 5.10 Å². The van der Waals surface area contributed by atoms with Gasteiger partial charge < -0.3 is 10.5 Å². The van der Waals surface area contributed by atoms with Crippen molar-refractivity contribution in [3.63, 3.8) is 0 Å². The Morgan fingerprint density at radius 2 is 2.09 bits per heavy atom. The highest BCUT2D eigenvalue weighted by atomic mass is 32.2. The number of methoxy groups -OCH3 is 1. The van der Waals surface area contributed by atoms with E-state index in [0.717, 1.165) is 18.2 Å². The van der Waals surface area contributed by atoms with E-state index >= 15 is 0 Å². The number of hydrogen-bond acceptors (Lipinski definition) is 7. The topological polar surface area (TPSA) is 139 Å². The molecule has 0 spiro atoms. The van der Waals surface area contributed by atoms with Crippen molar-refractivity contribution in [3.8, 4) is 0 Å². The van der Waals surface area contributed by atoms with Crippen LogP contribution in [0.5, 0.6) is 0 Å². The first kappa shape index (κ1) is 15.9. The average molecular weight is 327 g/mol. The standard InChI is InChI=1S/C12H13N3O6S/c1-6-9(22(18,19)20)4-3-8(11(6)13)15-10(16)5-7(14-15)12(17)21-2/h3-4H,5,13H2,1-2H3,(H,18,19,20). The molecule has 1 aliphatic heterocycles. The molecule has 118 valence electrons. The second-order valence-corrected chi connectivity index (χ2v) is 5.91. The van der Waals surface area contributed by atoms with E-state index in [-0.39, 0.29) is 34.0 Å². The van der Waals surface area contributed by atoms with Gasteiger partial charge in [0.1, 0.15) is 0 Å². The van der Waals surface area contributed by atoms with Crippen LogP contribution in [-0.4, -0.2) is 37.7 Å². The Morgan fingerprint density at radius 3 is 2.64 bits per heavy atom. The summed E-state index contributed by atoms with van der Waals surface area (Å²) in [7, 11) is -3.27. The highest BCUT2D eigenvalue weighted by molar-refractivity contribution is 7.85. The van der Waals surface area contributed by atoms with Crippen LogP contribution in [0.1, 0.15) is 12.0 Å². The van der Waals surface area contributed by atoms with Gasteiger partial charge in [0.25, 0.3) is 16.0 Å². The number of hydrogen-bond donors (Lipinski definition) is 2. The molecule has 0 fully saturated rings. The molecule has 0 atom stereocenters. The summed E-state index contributed by atoms with van der Waals surface area (Å²) in [5.41, 5.74) is 5.90. The molecular weight excluding hydrogens is 314 g/mol. The monoisotopic (exact) mass is 327 g/mol. The molecule has 2 rings (SSSR count). The van der Waals surface area contributed by atoms with E-state index in [1.165, 1.54) is 13.0 Å². The number of ether oxygens (including phenoxy) is 1. The smallest absolute Gasteiger partial charge is 0.354 e. The van der Waals surface area contributed by atoms with Gasteiger partial charge in [0, 0.05) is 0 Å². The summed E-state index contributed by atoms with van der Waals surface area (Å²) in [5, 5.41) is 4.74. The van der Waals surface area contributed by atoms with E-state index < -0.39 is 22.0 Å². The molecule has 1 amide bonds. The van der Waals surface area contributed by atoms with E-state index in [0.29, 0.717) is 0 Å². The molecule has 1 aliphatic rings. The van der Waals surface area contributed by atoms with Crippen molar-refractivity contribution in [1.29, 1.82) is 0 Å². The third-order valence-corrected chi connectivity index (χ3v) is 4.14. The molecule has 0 bridgehead atoms. The van der Waals surface area contributed by atoms with Crippen LogP contribution in [0.25, 0.3) is 0 Å². The molecule has 0 saturated heterocycles. The lowest BCUT2D eigenvalue weighted by Crippen LogP contribution is -2.21. The first-order valence-electron chi connectivity index (χ1n) is 6.02. The quantitative estimate of drug-likeness (QED) is 0.455. The molecule has 1 aromatic rings. The zero-order chi connectivity index (χ0) is 16.7. The Balaban J connectivity index is 2.51. The molecule has 9 nitrogen and oxygen atoms in total. The molecule has 1 heterocycles. The number of rotatable bonds is 3. The molecule has 0 aliphatic carbocycles. The normalized spacial score (nSPS) is 15.0. The average Bonchev–Trinajstić information content (AvgIpc) is 2.81. The van der Waals surface area contributed by atoms with Gasteiger partial charge in [0.15, 0.2) is 5.71 Å². The zero-order valence-corrected chi connectivity index (χ0v) is 12.5. The van der Waals surface area contributed by atoms with E-state index in [1.54, 1.807) is 0 Å². The molecule has 0 unspecified atom stereocenters. The number of nitrogens with two attached hydrogens (primary N) is 1. The zero-order valence-electron chi connectivity index (χ0n) is 11.7.